The lowest BCUT2D eigenvalue weighted by atomic mass is 9.83. The van der Waals surface area contributed by atoms with Crippen LogP contribution in [-0.4, -0.2) is 11.8 Å². The van der Waals surface area contributed by atoms with Crippen LogP contribution in [0.25, 0.3) is 0 Å². The summed E-state index contributed by atoms with van der Waals surface area (Å²) in [5, 5.41) is 0. The van der Waals surface area contributed by atoms with Gasteiger partial charge >= 0.3 is 0 Å². The molecule has 1 aromatic heterocycles. The summed E-state index contributed by atoms with van der Waals surface area (Å²) in [5.41, 5.74) is 1.87. The second-order valence-electron chi connectivity index (χ2n) is 6.47. The van der Waals surface area contributed by atoms with E-state index in [1.165, 1.54) is 17.9 Å². The number of pyridine rings is 1. The molecule has 0 saturated carbocycles. The first-order valence-electron chi connectivity index (χ1n) is 6.66. The summed E-state index contributed by atoms with van der Waals surface area (Å²) in [6.07, 6.45) is 1.87. The average Bonchev–Trinajstić information content (AvgIpc) is 2.20. The first kappa shape index (κ1) is 15.8. The number of hydrogen-bond donors (Lipinski definition) is 0. The maximum absolute atomic E-state index is 11.9. The lowest BCUT2D eigenvalue weighted by Crippen LogP contribution is -2.30. The third-order valence-electron chi connectivity index (χ3n) is 2.87. The number of rotatable bonds is 5. The van der Waals surface area contributed by atoms with E-state index in [2.05, 4.69) is 32.6 Å². The zero-order valence-electron chi connectivity index (χ0n) is 12.8. The maximum Gasteiger partial charge on any atom is 0.286 e. The van der Waals surface area contributed by atoms with Crippen molar-refractivity contribution in [1.82, 2.24) is 4.73 Å². The molecule has 4 nitrogen and oxygen atoms in total. The van der Waals surface area contributed by atoms with E-state index in [1.54, 1.807) is 0 Å². The molecule has 0 amide bonds. The van der Waals surface area contributed by atoms with Gasteiger partial charge in [0.15, 0.2) is 0 Å². The lowest BCUT2D eigenvalue weighted by molar-refractivity contribution is -0.276. The Kier molecular flexibility index (Phi) is 5.18. The van der Waals surface area contributed by atoms with Gasteiger partial charge in [0.25, 0.3) is 5.56 Å². The summed E-state index contributed by atoms with van der Waals surface area (Å²) < 4.78 is 1.23. The Morgan fingerprint density at radius 3 is 2.47 bits per heavy atom. The first-order chi connectivity index (χ1) is 8.73. The molecule has 19 heavy (non-hydrogen) atoms. The van der Waals surface area contributed by atoms with Crippen LogP contribution in [-0.2, 0) is 11.3 Å². The molecule has 1 atom stereocenters. The summed E-state index contributed by atoms with van der Waals surface area (Å²) in [6.45, 7) is 10.8. The van der Waals surface area contributed by atoms with E-state index in [4.69, 9.17) is 4.99 Å². The van der Waals surface area contributed by atoms with Crippen LogP contribution < -0.4 is 10.5 Å². The van der Waals surface area contributed by atoms with Crippen LogP contribution in [0.15, 0.2) is 16.9 Å². The third-order valence-corrected chi connectivity index (χ3v) is 2.87. The monoisotopic (exact) mass is 267 g/mol. The van der Waals surface area contributed by atoms with Gasteiger partial charge in [-0.25, -0.2) is 4.99 Å². The van der Waals surface area contributed by atoms with Gasteiger partial charge in [-0.3, -0.25) is 4.79 Å². The van der Waals surface area contributed by atoms with Crippen molar-refractivity contribution in [2.45, 2.75) is 47.5 Å². The minimum absolute atomic E-state index is 0.195. The van der Waals surface area contributed by atoms with Crippen molar-refractivity contribution in [3.05, 3.63) is 33.7 Å². The fourth-order valence-corrected chi connectivity index (χ4v) is 2.53. The van der Waals surface area contributed by atoms with Crippen LogP contribution in [0.4, 0.5) is 0 Å². The van der Waals surface area contributed by atoms with Crippen molar-refractivity contribution in [1.29, 1.82) is 0 Å². The highest BCUT2D eigenvalue weighted by Gasteiger charge is 2.18. The molecule has 0 aromatic carbocycles. The molecule has 4 heteroatoms. The Balaban J connectivity index is 2.96. The molecule has 0 N–H and O–H groups in total. The van der Waals surface area contributed by atoms with Crippen molar-refractivity contribution >= 4 is 0 Å². The van der Waals surface area contributed by atoms with Gasteiger partial charge in [0.1, 0.15) is 0 Å². The summed E-state index contributed by atoms with van der Waals surface area (Å²) in [6, 6.07) is 3.51. The van der Waals surface area contributed by atoms with Gasteiger partial charge in [-0.1, -0.05) is 27.7 Å². The van der Waals surface area contributed by atoms with Gasteiger partial charge in [0.05, 0.1) is 12.8 Å². The smallest absolute Gasteiger partial charge is 0.266 e. The van der Waals surface area contributed by atoms with Crippen LogP contribution in [0, 0.1) is 18.3 Å². The fourth-order valence-electron chi connectivity index (χ4n) is 2.53. The minimum Gasteiger partial charge on any atom is -0.266 e. The zero-order chi connectivity index (χ0) is 14.6. The molecule has 0 fully saturated rings. The van der Waals surface area contributed by atoms with Crippen molar-refractivity contribution < 1.29 is 9.88 Å². The van der Waals surface area contributed by atoms with Crippen LogP contribution >= 0.6 is 0 Å². The molecule has 108 valence electrons. The summed E-state index contributed by atoms with van der Waals surface area (Å²) in [7, 11) is 1.40. The van der Waals surface area contributed by atoms with Crippen LogP contribution in [0.3, 0.4) is 0 Å². The number of aromatic nitrogens is 1. The summed E-state index contributed by atoms with van der Waals surface area (Å²) >= 11 is 0. The SMILES string of the molecule is COOn1c(CC(C)CC(C)(C)C)cc(C)cc1=O. The molecule has 0 saturated heterocycles. The normalized spacial score (nSPS) is 13.4. The average molecular weight is 267 g/mol. The Bertz CT molecular complexity index is 471. The van der Waals surface area contributed by atoms with E-state index in [1.807, 2.05) is 13.0 Å². The highest BCUT2D eigenvalue weighted by molar-refractivity contribution is 5.16. The molecule has 1 heterocycles. The molecule has 0 aliphatic carbocycles. The predicted octanol–water partition coefficient (Wildman–Crippen LogP) is 2.76. The van der Waals surface area contributed by atoms with E-state index < -0.39 is 0 Å². The molecule has 0 spiro atoms. The van der Waals surface area contributed by atoms with Gasteiger partial charge in [0, 0.05) is 6.07 Å². The molecule has 1 aromatic rings. The quantitative estimate of drug-likeness (QED) is 0.608. The minimum atomic E-state index is -0.195. The van der Waals surface area contributed by atoms with Gasteiger partial charge in [0.2, 0.25) is 0 Å². The van der Waals surface area contributed by atoms with Gasteiger partial charge in [-0.15, -0.1) is 4.73 Å². The molecular weight excluding hydrogens is 242 g/mol. The van der Waals surface area contributed by atoms with Crippen molar-refractivity contribution in [2.24, 2.45) is 11.3 Å². The van der Waals surface area contributed by atoms with E-state index in [-0.39, 0.29) is 11.0 Å². The standard InChI is InChI=1S/C15H25NO3/c1-11-7-13(8-12(2)10-15(3,4)5)16(19-18-6)14(17)9-11/h7,9,12H,8,10H2,1-6H3. The number of hydrogen-bond acceptors (Lipinski definition) is 3. The van der Waals surface area contributed by atoms with Crippen molar-refractivity contribution in [3.63, 3.8) is 0 Å². The number of nitrogens with zero attached hydrogens (tertiary/aromatic N) is 1. The van der Waals surface area contributed by atoms with Gasteiger partial charge in [-0.2, -0.15) is 4.89 Å². The number of aryl methyl sites for hydroxylation is 1. The van der Waals surface area contributed by atoms with Gasteiger partial charge in [-0.05, 0) is 42.7 Å². The lowest BCUT2D eigenvalue weighted by Gasteiger charge is -2.23. The Labute approximate surface area is 115 Å². The second-order valence-corrected chi connectivity index (χ2v) is 6.47. The van der Waals surface area contributed by atoms with Crippen molar-refractivity contribution in [3.8, 4) is 0 Å². The highest BCUT2D eigenvalue weighted by atomic mass is 17.3. The largest absolute Gasteiger partial charge is 0.286 e. The van der Waals surface area contributed by atoms with E-state index in [9.17, 15) is 4.79 Å². The molecule has 0 radical (unpaired) electrons. The third kappa shape index (κ3) is 5.07. The predicted molar refractivity (Wildman–Crippen MR) is 76.0 cm³/mol. The van der Waals surface area contributed by atoms with E-state index in [0.717, 1.165) is 24.1 Å². The summed E-state index contributed by atoms with van der Waals surface area (Å²) in [5.74, 6) is 0.466. The highest BCUT2D eigenvalue weighted by Crippen LogP contribution is 2.26. The van der Waals surface area contributed by atoms with Crippen LogP contribution in [0.2, 0.25) is 0 Å². The Morgan fingerprint density at radius 1 is 1.32 bits per heavy atom. The van der Waals surface area contributed by atoms with Gasteiger partial charge < -0.3 is 0 Å². The summed E-state index contributed by atoms with van der Waals surface area (Å²) in [4.78, 5) is 21.5. The van der Waals surface area contributed by atoms with Crippen molar-refractivity contribution in [2.75, 3.05) is 7.11 Å². The second kappa shape index (κ2) is 6.24. The fraction of sp³-hybridized carbons (Fsp3) is 0.667. The molecule has 0 aliphatic heterocycles. The van der Waals surface area contributed by atoms with E-state index >= 15 is 0 Å². The van der Waals surface area contributed by atoms with Crippen LogP contribution in [0.1, 0.15) is 45.4 Å². The molecule has 1 unspecified atom stereocenters. The van der Waals surface area contributed by atoms with E-state index in [0.29, 0.717) is 5.92 Å². The Hall–Kier alpha value is -1.29. The molecule has 1 rings (SSSR count). The molecular formula is C15H25NO3. The maximum atomic E-state index is 11.9. The molecule has 0 bridgehead atoms. The first-order valence-corrected chi connectivity index (χ1v) is 6.66. The Morgan fingerprint density at radius 2 is 1.95 bits per heavy atom. The topological polar surface area (TPSA) is 40.5 Å². The zero-order valence-corrected chi connectivity index (χ0v) is 12.8. The van der Waals surface area contributed by atoms with Crippen LogP contribution in [0.5, 0.6) is 0 Å². The molecule has 0 aliphatic rings.